The number of carbonyl (C=O) groups is 1. The molecule has 3 rings (SSSR count). The summed E-state index contributed by atoms with van der Waals surface area (Å²) in [6, 6.07) is 1.59. The van der Waals surface area contributed by atoms with Crippen LogP contribution in [0.15, 0.2) is 33.5 Å². The van der Waals surface area contributed by atoms with E-state index in [2.05, 4.69) is 15.4 Å². The molecule has 7 heteroatoms. The van der Waals surface area contributed by atoms with E-state index in [9.17, 15) is 4.79 Å². The summed E-state index contributed by atoms with van der Waals surface area (Å²) in [5, 5.41) is 7.77. The van der Waals surface area contributed by atoms with Gasteiger partial charge in [-0.15, -0.1) is 0 Å². The number of hydrogen-bond donors (Lipinski definition) is 1. The topological polar surface area (TPSA) is 67.6 Å². The van der Waals surface area contributed by atoms with Gasteiger partial charge in [-0.3, -0.25) is 4.79 Å². The minimum absolute atomic E-state index is 0.0477. The largest absolute Gasteiger partial charge is 0.384 e. The number of methoxy groups -OCH3 is 1. The van der Waals surface area contributed by atoms with Crippen LogP contribution in [0.4, 0.5) is 5.82 Å². The molecule has 1 amide bonds. The number of anilines is 1. The second-order valence-corrected chi connectivity index (χ2v) is 7.99. The van der Waals surface area contributed by atoms with Crippen molar-refractivity contribution in [3.8, 4) is 0 Å². The molecule has 1 aliphatic carbocycles. The van der Waals surface area contributed by atoms with E-state index in [0.29, 0.717) is 18.2 Å². The molecule has 1 saturated heterocycles. The molecule has 1 fully saturated rings. The van der Waals surface area contributed by atoms with Gasteiger partial charge in [0.1, 0.15) is 11.8 Å². The summed E-state index contributed by atoms with van der Waals surface area (Å²) >= 11 is 6.05. The molecule has 1 aromatic rings. The van der Waals surface area contributed by atoms with Gasteiger partial charge in [0.2, 0.25) is 5.91 Å². The second-order valence-electron chi connectivity index (χ2n) is 7.51. The number of aromatic nitrogens is 1. The van der Waals surface area contributed by atoms with Crippen LogP contribution in [0.5, 0.6) is 0 Å². The van der Waals surface area contributed by atoms with Crippen molar-refractivity contribution in [3.63, 3.8) is 0 Å². The predicted octanol–water partition coefficient (Wildman–Crippen LogP) is 3.80. The molecule has 0 spiro atoms. The lowest BCUT2D eigenvalue weighted by molar-refractivity contribution is -0.119. The molecule has 26 heavy (non-hydrogen) atoms. The van der Waals surface area contributed by atoms with Crippen LogP contribution in [-0.4, -0.2) is 42.3 Å². The van der Waals surface area contributed by atoms with E-state index in [4.69, 9.17) is 20.9 Å². The van der Waals surface area contributed by atoms with E-state index in [-0.39, 0.29) is 17.4 Å². The molecular weight excluding hydrogens is 354 g/mol. The maximum Gasteiger partial charge on any atom is 0.248 e. The van der Waals surface area contributed by atoms with E-state index >= 15 is 0 Å². The van der Waals surface area contributed by atoms with E-state index in [1.165, 1.54) is 5.70 Å². The highest BCUT2D eigenvalue weighted by atomic mass is 35.5. The first-order valence-electron chi connectivity index (χ1n) is 8.99. The number of nitrogens with zero attached hydrogens (tertiary/aromatic N) is 2. The van der Waals surface area contributed by atoms with Gasteiger partial charge in [0.15, 0.2) is 5.82 Å². The average molecular weight is 380 g/mol. The van der Waals surface area contributed by atoms with Crippen molar-refractivity contribution in [2.45, 2.75) is 51.0 Å². The smallest absolute Gasteiger partial charge is 0.248 e. The second kappa shape index (κ2) is 7.84. The van der Waals surface area contributed by atoms with E-state index in [1.807, 2.05) is 26.0 Å². The summed E-state index contributed by atoms with van der Waals surface area (Å²) < 4.78 is 10.6. The fraction of sp³-hybridized carbons (Fsp3) is 0.579. The number of amides is 1. The molecule has 0 bridgehead atoms. The molecule has 0 unspecified atom stereocenters. The Balaban J connectivity index is 1.67. The fourth-order valence-corrected chi connectivity index (χ4v) is 3.68. The summed E-state index contributed by atoms with van der Waals surface area (Å²) in [7, 11) is 1.65. The number of ether oxygens (including phenoxy) is 1. The van der Waals surface area contributed by atoms with Gasteiger partial charge in [-0.2, -0.15) is 0 Å². The Morgan fingerprint density at radius 3 is 2.96 bits per heavy atom. The molecule has 0 saturated carbocycles. The number of nitrogens with one attached hydrogen (secondary N) is 1. The first-order valence-corrected chi connectivity index (χ1v) is 9.37. The van der Waals surface area contributed by atoms with E-state index in [1.54, 1.807) is 13.2 Å². The Labute approximate surface area is 159 Å². The molecule has 1 N–H and O–H groups in total. The van der Waals surface area contributed by atoms with Crippen molar-refractivity contribution in [1.82, 2.24) is 10.1 Å². The molecule has 6 nitrogen and oxygen atoms in total. The highest BCUT2D eigenvalue weighted by Crippen LogP contribution is 2.31. The maximum atomic E-state index is 12.8. The summed E-state index contributed by atoms with van der Waals surface area (Å²) in [6.45, 7) is 5.42. The van der Waals surface area contributed by atoms with Gasteiger partial charge in [-0.05, 0) is 37.8 Å². The van der Waals surface area contributed by atoms with Crippen LogP contribution in [0, 0.1) is 0 Å². The van der Waals surface area contributed by atoms with Gasteiger partial charge in [0, 0.05) is 35.9 Å². The standard InChI is InChI=1S/C19H26ClN3O3/c1-19(2,12-25-3)16-11-17(22-26-16)21-18(24)15-5-4-10-23(15)14-8-6-13(20)7-9-14/h6,8,11,15H,4-5,7,9-10,12H2,1-3H3,(H,21,22,24)/t15-/m0/s1. The van der Waals surface area contributed by atoms with Crippen LogP contribution in [0.25, 0.3) is 0 Å². The number of carbonyl (C=O) groups excluding carboxylic acids is 1. The lowest BCUT2D eigenvalue weighted by Gasteiger charge is -2.29. The lowest BCUT2D eigenvalue weighted by Crippen LogP contribution is -2.39. The number of likely N-dealkylation sites (tertiary alicyclic amines) is 1. The third-order valence-electron chi connectivity index (χ3n) is 4.93. The number of hydrogen-bond acceptors (Lipinski definition) is 5. The molecule has 142 valence electrons. The maximum absolute atomic E-state index is 12.8. The SMILES string of the molecule is COCC(C)(C)c1cc(NC(=O)[C@@H]2CCCN2C2=CC=C(Cl)CC2)no1. The van der Waals surface area contributed by atoms with Crippen molar-refractivity contribution >= 4 is 23.3 Å². The Morgan fingerprint density at radius 1 is 1.46 bits per heavy atom. The summed E-state index contributed by atoms with van der Waals surface area (Å²) in [5.41, 5.74) is 0.872. The summed E-state index contributed by atoms with van der Waals surface area (Å²) in [6.07, 6.45) is 7.49. The molecular formula is C19H26ClN3O3. The zero-order chi connectivity index (χ0) is 18.7. The Morgan fingerprint density at radius 2 is 2.27 bits per heavy atom. The van der Waals surface area contributed by atoms with Crippen molar-refractivity contribution < 1.29 is 14.1 Å². The molecule has 2 heterocycles. The minimum atomic E-state index is -0.303. The molecule has 1 atom stereocenters. The molecule has 0 aromatic carbocycles. The zero-order valence-corrected chi connectivity index (χ0v) is 16.3. The van der Waals surface area contributed by atoms with Crippen molar-refractivity contribution in [1.29, 1.82) is 0 Å². The van der Waals surface area contributed by atoms with Gasteiger partial charge >= 0.3 is 0 Å². The monoisotopic (exact) mass is 379 g/mol. The Kier molecular flexibility index (Phi) is 5.73. The van der Waals surface area contributed by atoms with Crippen molar-refractivity contribution in [2.75, 3.05) is 25.6 Å². The Hall–Kier alpha value is -1.79. The van der Waals surface area contributed by atoms with Gasteiger partial charge < -0.3 is 19.5 Å². The third kappa shape index (κ3) is 4.13. The van der Waals surface area contributed by atoms with E-state index < -0.39 is 0 Å². The van der Waals surface area contributed by atoms with Crippen LogP contribution < -0.4 is 5.32 Å². The van der Waals surface area contributed by atoms with Gasteiger partial charge in [0.05, 0.1) is 6.61 Å². The Bertz CT molecular complexity index is 723. The first-order chi connectivity index (χ1) is 12.4. The zero-order valence-electron chi connectivity index (χ0n) is 15.5. The lowest BCUT2D eigenvalue weighted by atomic mass is 9.91. The summed E-state index contributed by atoms with van der Waals surface area (Å²) in [4.78, 5) is 15.0. The van der Waals surface area contributed by atoms with Gasteiger partial charge in [0.25, 0.3) is 0 Å². The molecule has 2 aliphatic rings. The fourth-order valence-electron chi connectivity index (χ4n) is 3.52. The highest BCUT2D eigenvalue weighted by Gasteiger charge is 2.33. The van der Waals surface area contributed by atoms with E-state index in [0.717, 1.165) is 37.3 Å². The number of allylic oxidation sites excluding steroid dienone is 4. The summed E-state index contributed by atoms with van der Waals surface area (Å²) in [5.74, 6) is 1.09. The van der Waals surface area contributed by atoms with Crippen LogP contribution in [0.2, 0.25) is 0 Å². The first kappa shape index (κ1) is 19.0. The molecule has 0 radical (unpaired) electrons. The minimum Gasteiger partial charge on any atom is -0.384 e. The number of rotatable bonds is 6. The van der Waals surface area contributed by atoms with Gasteiger partial charge in [-0.1, -0.05) is 30.6 Å². The van der Waals surface area contributed by atoms with Crippen molar-refractivity contribution in [3.05, 3.63) is 34.7 Å². The quantitative estimate of drug-likeness (QED) is 0.814. The van der Waals surface area contributed by atoms with Crippen LogP contribution >= 0.6 is 11.6 Å². The average Bonchev–Trinajstić information content (AvgIpc) is 3.25. The van der Waals surface area contributed by atoms with Crippen LogP contribution in [0.3, 0.4) is 0 Å². The number of halogens is 1. The normalized spacial score (nSPS) is 20.8. The third-order valence-corrected chi connectivity index (χ3v) is 5.25. The van der Waals surface area contributed by atoms with Crippen molar-refractivity contribution in [2.24, 2.45) is 0 Å². The van der Waals surface area contributed by atoms with Crippen LogP contribution in [-0.2, 0) is 14.9 Å². The molecule has 1 aromatic heterocycles. The predicted molar refractivity (Wildman–Crippen MR) is 101 cm³/mol. The molecule has 1 aliphatic heterocycles. The van der Waals surface area contributed by atoms with Gasteiger partial charge in [-0.25, -0.2) is 0 Å². The van der Waals surface area contributed by atoms with Crippen LogP contribution in [0.1, 0.15) is 45.3 Å². The highest BCUT2D eigenvalue weighted by molar-refractivity contribution is 6.29.